The van der Waals surface area contributed by atoms with Gasteiger partial charge in [0.05, 0.1) is 10.5 Å². The molecule has 70 valence electrons. The van der Waals surface area contributed by atoms with Crippen LogP contribution in [0.3, 0.4) is 0 Å². The van der Waals surface area contributed by atoms with Crippen molar-refractivity contribution in [1.82, 2.24) is 0 Å². The Morgan fingerprint density at radius 1 is 1.62 bits per heavy atom. The molecular weight excluding hydrogens is 175 g/mol. The van der Waals surface area contributed by atoms with E-state index in [0.717, 1.165) is 0 Å². The molecule has 0 aliphatic carbocycles. The maximum Gasteiger partial charge on any atom is 0.275 e. The van der Waals surface area contributed by atoms with Crippen molar-refractivity contribution in [2.45, 2.75) is 13.5 Å². The minimum atomic E-state index is -0.612. The van der Waals surface area contributed by atoms with E-state index in [0.29, 0.717) is 5.56 Å². The van der Waals surface area contributed by atoms with Gasteiger partial charge in [0.1, 0.15) is 5.82 Å². The summed E-state index contributed by atoms with van der Waals surface area (Å²) >= 11 is 0. The van der Waals surface area contributed by atoms with Crippen molar-refractivity contribution < 1.29 is 9.31 Å². The predicted octanol–water partition coefficient (Wildman–Crippen LogP) is 1.50. The summed E-state index contributed by atoms with van der Waals surface area (Å²) < 4.78 is 13.2. The Labute approximate surface area is 74.3 Å². The fraction of sp³-hybridized carbons (Fsp3) is 0.250. The summed E-state index contributed by atoms with van der Waals surface area (Å²) in [6, 6.07) is 2.60. The Bertz CT molecular complexity index is 352. The summed E-state index contributed by atoms with van der Waals surface area (Å²) in [6.07, 6.45) is 0. The lowest BCUT2D eigenvalue weighted by Gasteiger charge is -2.02. The molecule has 0 aromatic heterocycles. The van der Waals surface area contributed by atoms with E-state index in [-0.39, 0.29) is 17.8 Å². The highest BCUT2D eigenvalue weighted by molar-refractivity contribution is 5.43. The zero-order valence-corrected chi connectivity index (χ0v) is 7.08. The van der Waals surface area contributed by atoms with E-state index >= 15 is 0 Å². The van der Waals surface area contributed by atoms with Crippen LogP contribution in [-0.2, 0) is 6.54 Å². The number of hydrogen-bond acceptors (Lipinski definition) is 3. The Hall–Kier alpha value is -1.49. The van der Waals surface area contributed by atoms with Gasteiger partial charge in [0, 0.05) is 18.2 Å². The molecule has 2 N–H and O–H groups in total. The molecule has 0 aliphatic rings. The van der Waals surface area contributed by atoms with Gasteiger partial charge in [-0.05, 0) is 13.0 Å². The van der Waals surface area contributed by atoms with E-state index in [1.807, 2.05) is 0 Å². The third-order valence-electron chi connectivity index (χ3n) is 1.85. The zero-order valence-electron chi connectivity index (χ0n) is 7.08. The lowest BCUT2D eigenvalue weighted by atomic mass is 10.1. The molecule has 0 atom stereocenters. The maximum atomic E-state index is 13.2. The molecule has 0 aliphatic heterocycles. The van der Waals surface area contributed by atoms with Crippen LogP contribution in [0.2, 0.25) is 0 Å². The summed E-state index contributed by atoms with van der Waals surface area (Å²) in [6.45, 7) is 1.41. The van der Waals surface area contributed by atoms with Crippen LogP contribution < -0.4 is 5.73 Å². The first-order chi connectivity index (χ1) is 6.07. The predicted molar refractivity (Wildman–Crippen MR) is 45.7 cm³/mol. The van der Waals surface area contributed by atoms with Gasteiger partial charge in [0.25, 0.3) is 5.69 Å². The van der Waals surface area contributed by atoms with Crippen molar-refractivity contribution in [1.29, 1.82) is 0 Å². The number of nitro groups is 1. The lowest BCUT2D eigenvalue weighted by Crippen LogP contribution is -2.03. The molecule has 0 fully saturated rings. The first-order valence-corrected chi connectivity index (χ1v) is 3.70. The first kappa shape index (κ1) is 9.60. The number of nitrogens with zero attached hydrogens (tertiary/aromatic N) is 1. The molecule has 0 saturated carbocycles. The van der Waals surface area contributed by atoms with Gasteiger partial charge in [-0.2, -0.15) is 0 Å². The Morgan fingerprint density at radius 2 is 2.23 bits per heavy atom. The number of rotatable bonds is 2. The molecule has 0 saturated heterocycles. The molecule has 13 heavy (non-hydrogen) atoms. The van der Waals surface area contributed by atoms with Crippen molar-refractivity contribution in [2.75, 3.05) is 0 Å². The van der Waals surface area contributed by atoms with E-state index in [4.69, 9.17) is 5.73 Å². The highest BCUT2D eigenvalue weighted by Crippen LogP contribution is 2.22. The van der Waals surface area contributed by atoms with Crippen LogP contribution in [0.5, 0.6) is 0 Å². The van der Waals surface area contributed by atoms with Crippen molar-refractivity contribution in [2.24, 2.45) is 5.73 Å². The Balaban J connectivity index is 3.31. The van der Waals surface area contributed by atoms with Crippen LogP contribution in [0.1, 0.15) is 11.1 Å². The molecular formula is C8H9FN2O2. The zero-order chi connectivity index (χ0) is 10.0. The number of hydrogen-bond donors (Lipinski definition) is 1. The second kappa shape index (κ2) is 3.49. The summed E-state index contributed by atoms with van der Waals surface area (Å²) in [4.78, 5) is 9.77. The number of halogens is 1. The van der Waals surface area contributed by atoms with E-state index in [1.54, 1.807) is 0 Å². The fourth-order valence-corrected chi connectivity index (χ4v) is 1.09. The number of nitro benzene ring substituents is 1. The summed E-state index contributed by atoms with van der Waals surface area (Å²) in [5, 5.41) is 10.4. The Morgan fingerprint density at radius 3 is 2.69 bits per heavy atom. The average molecular weight is 184 g/mol. The van der Waals surface area contributed by atoms with Crippen LogP contribution in [0.4, 0.5) is 10.1 Å². The number of nitrogens with two attached hydrogens (primary N) is 1. The van der Waals surface area contributed by atoms with Crippen LogP contribution in [-0.4, -0.2) is 4.92 Å². The summed E-state index contributed by atoms with van der Waals surface area (Å²) in [7, 11) is 0. The van der Waals surface area contributed by atoms with Crippen molar-refractivity contribution in [3.05, 3.63) is 39.2 Å². The van der Waals surface area contributed by atoms with E-state index in [2.05, 4.69) is 0 Å². The van der Waals surface area contributed by atoms with Crippen molar-refractivity contribution in [3.63, 3.8) is 0 Å². The minimum Gasteiger partial charge on any atom is -0.326 e. The minimum absolute atomic E-state index is 0.0351. The van der Waals surface area contributed by atoms with E-state index in [9.17, 15) is 14.5 Å². The number of benzene rings is 1. The molecule has 0 bridgehead atoms. The van der Waals surface area contributed by atoms with Crippen molar-refractivity contribution >= 4 is 5.69 Å². The standard InChI is InChI=1S/C8H9FN2O2/c1-5-7(11(12)13)3-2-6(4-10)8(5)9/h2-3H,4,10H2,1H3. The van der Waals surface area contributed by atoms with Gasteiger partial charge >= 0.3 is 0 Å². The monoisotopic (exact) mass is 184 g/mol. The third kappa shape index (κ3) is 1.65. The van der Waals surface area contributed by atoms with Crippen LogP contribution in [0, 0.1) is 22.9 Å². The molecule has 1 rings (SSSR count). The van der Waals surface area contributed by atoms with E-state index in [1.165, 1.54) is 19.1 Å². The SMILES string of the molecule is Cc1c([N+](=O)[O-])ccc(CN)c1F. The van der Waals surface area contributed by atoms with Crippen LogP contribution in [0.25, 0.3) is 0 Å². The molecule has 1 aromatic rings. The summed E-state index contributed by atoms with van der Waals surface area (Å²) in [5.41, 5.74) is 5.35. The van der Waals surface area contributed by atoms with Gasteiger partial charge < -0.3 is 5.73 Å². The summed E-state index contributed by atoms with van der Waals surface area (Å²) in [5.74, 6) is -0.586. The quantitative estimate of drug-likeness (QED) is 0.559. The molecule has 0 amide bonds. The van der Waals surface area contributed by atoms with Gasteiger partial charge in [0.15, 0.2) is 0 Å². The highest BCUT2D eigenvalue weighted by atomic mass is 19.1. The van der Waals surface area contributed by atoms with E-state index < -0.39 is 10.7 Å². The normalized spacial score (nSPS) is 10.1. The maximum absolute atomic E-state index is 13.2. The molecule has 0 radical (unpaired) electrons. The first-order valence-electron chi connectivity index (χ1n) is 3.70. The third-order valence-corrected chi connectivity index (χ3v) is 1.85. The molecule has 0 spiro atoms. The second-order valence-corrected chi connectivity index (χ2v) is 2.64. The van der Waals surface area contributed by atoms with Gasteiger partial charge in [-0.1, -0.05) is 0 Å². The smallest absolute Gasteiger partial charge is 0.275 e. The molecule has 5 heteroatoms. The molecule has 0 heterocycles. The van der Waals surface area contributed by atoms with Crippen LogP contribution in [0.15, 0.2) is 12.1 Å². The Kier molecular flexibility index (Phi) is 2.57. The average Bonchev–Trinajstić information content (AvgIpc) is 2.09. The topological polar surface area (TPSA) is 69.2 Å². The molecule has 0 unspecified atom stereocenters. The van der Waals surface area contributed by atoms with Gasteiger partial charge in [-0.3, -0.25) is 10.1 Å². The van der Waals surface area contributed by atoms with Crippen LogP contribution >= 0.6 is 0 Å². The largest absolute Gasteiger partial charge is 0.326 e. The van der Waals surface area contributed by atoms with Crippen molar-refractivity contribution in [3.8, 4) is 0 Å². The lowest BCUT2D eigenvalue weighted by molar-refractivity contribution is -0.385. The van der Waals surface area contributed by atoms with Gasteiger partial charge in [-0.15, -0.1) is 0 Å². The van der Waals surface area contributed by atoms with Gasteiger partial charge in [0.2, 0.25) is 0 Å². The highest BCUT2D eigenvalue weighted by Gasteiger charge is 2.16. The molecule has 1 aromatic carbocycles. The fourth-order valence-electron chi connectivity index (χ4n) is 1.09. The van der Waals surface area contributed by atoms with Gasteiger partial charge in [-0.25, -0.2) is 4.39 Å². The second-order valence-electron chi connectivity index (χ2n) is 2.64. The molecule has 4 nitrogen and oxygen atoms in total.